The van der Waals surface area contributed by atoms with E-state index in [0.29, 0.717) is 11.6 Å². The van der Waals surface area contributed by atoms with Crippen molar-refractivity contribution in [1.82, 2.24) is 10.2 Å². The summed E-state index contributed by atoms with van der Waals surface area (Å²) >= 11 is 0. The lowest BCUT2D eigenvalue weighted by molar-refractivity contribution is 0.100. The van der Waals surface area contributed by atoms with Gasteiger partial charge in [-0.25, -0.2) is 8.78 Å². The zero-order chi connectivity index (χ0) is 18.0. The molecule has 0 fully saturated rings. The SMILES string of the molecule is CC(=O)c1ccc(C(=O)Nc2nnc(-c3ccc(F)cc3F)o2)cc1. The van der Waals surface area contributed by atoms with E-state index in [1.807, 2.05) is 0 Å². The fourth-order valence-electron chi connectivity index (χ4n) is 2.07. The van der Waals surface area contributed by atoms with Gasteiger partial charge in [0.1, 0.15) is 11.6 Å². The number of anilines is 1. The van der Waals surface area contributed by atoms with Gasteiger partial charge in [-0.1, -0.05) is 17.2 Å². The summed E-state index contributed by atoms with van der Waals surface area (Å²) in [7, 11) is 0. The number of carbonyl (C=O) groups is 2. The van der Waals surface area contributed by atoms with Gasteiger partial charge < -0.3 is 4.42 Å². The fraction of sp³-hybridized carbons (Fsp3) is 0.0588. The lowest BCUT2D eigenvalue weighted by Gasteiger charge is -2.01. The molecule has 0 unspecified atom stereocenters. The number of rotatable bonds is 4. The Kier molecular flexibility index (Phi) is 4.34. The lowest BCUT2D eigenvalue weighted by Crippen LogP contribution is -2.12. The second kappa shape index (κ2) is 6.60. The van der Waals surface area contributed by atoms with Gasteiger partial charge >= 0.3 is 6.01 Å². The first kappa shape index (κ1) is 16.4. The first-order valence-corrected chi connectivity index (χ1v) is 7.15. The van der Waals surface area contributed by atoms with Crippen LogP contribution in [0.5, 0.6) is 0 Å². The van der Waals surface area contributed by atoms with Crippen LogP contribution in [0.1, 0.15) is 27.6 Å². The highest BCUT2D eigenvalue weighted by atomic mass is 19.1. The molecular formula is C17H11F2N3O3. The van der Waals surface area contributed by atoms with Crippen molar-refractivity contribution in [1.29, 1.82) is 0 Å². The van der Waals surface area contributed by atoms with Gasteiger partial charge in [0.05, 0.1) is 5.56 Å². The van der Waals surface area contributed by atoms with Gasteiger partial charge in [0.25, 0.3) is 11.8 Å². The van der Waals surface area contributed by atoms with Crippen LogP contribution in [0, 0.1) is 11.6 Å². The molecule has 1 N–H and O–H groups in total. The van der Waals surface area contributed by atoms with E-state index < -0.39 is 17.5 Å². The smallest absolute Gasteiger partial charge is 0.322 e. The number of amides is 1. The van der Waals surface area contributed by atoms with Crippen LogP contribution in [0.2, 0.25) is 0 Å². The summed E-state index contributed by atoms with van der Waals surface area (Å²) in [4.78, 5) is 23.3. The standard InChI is InChI=1S/C17H11F2N3O3/c1-9(23)10-2-4-11(5-3-10)15(24)20-17-22-21-16(25-17)13-7-6-12(18)8-14(13)19/h2-8H,1H3,(H,20,22,24). The van der Waals surface area contributed by atoms with Gasteiger partial charge in [0.2, 0.25) is 0 Å². The van der Waals surface area contributed by atoms with E-state index >= 15 is 0 Å². The van der Waals surface area contributed by atoms with Crippen molar-refractivity contribution < 1.29 is 22.8 Å². The topological polar surface area (TPSA) is 85.1 Å². The molecule has 1 aromatic heterocycles. The summed E-state index contributed by atoms with van der Waals surface area (Å²) in [5, 5.41) is 9.59. The largest absolute Gasteiger partial charge is 0.403 e. The Bertz CT molecular complexity index is 952. The van der Waals surface area contributed by atoms with E-state index in [-0.39, 0.29) is 28.8 Å². The third-order valence-electron chi connectivity index (χ3n) is 3.36. The van der Waals surface area contributed by atoms with Crippen LogP contribution in [-0.4, -0.2) is 21.9 Å². The molecular weight excluding hydrogens is 332 g/mol. The number of ketones is 1. The molecule has 1 amide bonds. The molecule has 8 heteroatoms. The summed E-state index contributed by atoms with van der Waals surface area (Å²) < 4.78 is 31.8. The number of carbonyl (C=O) groups excluding carboxylic acids is 2. The van der Waals surface area contributed by atoms with E-state index in [2.05, 4.69) is 15.5 Å². The first-order chi connectivity index (χ1) is 11.9. The molecule has 0 aliphatic heterocycles. The van der Waals surface area contributed by atoms with Crippen LogP contribution < -0.4 is 5.32 Å². The molecule has 0 spiro atoms. The number of Topliss-reactive ketones (excluding diaryl/α,β-unsaturated/α-hetero) is 1. The maximum atomic E-state index is 13.7. The summed E-state index contributed by atoms with van der Waals surface area (Å²) in [5.41, 5.74) is 0.668. The van der Waals surface area contributed by atoms with Crippen molar-refractivity contribution >= 4 is 17.7 Å². The summed E-state index contributed by atoms with van der Waals surface area (Å²) in [5.74, 6) is -2.44. The van der Waals surface area contributed by atoms with E-state index in [0.717, 1.165) is 12.1 Å². The van der Waals surface area contributed by atoms with Gasteiger partial charge in [-0.3, -0.25) is 14.9 Å². The highest BCUT2D eigenvalue weighted by molar-refractivity contribution is 6.04. The molecule has 0 aliphatic carbocycles. The van der Waals surface area contributed by atoms with Gasteiger partial charge in [0, 0.05) is 17.2 Å². The number of hydrogen-bond acceptors (Lipinski definition) is 5. The number of aromatic nitrogens is 2. The van der Waals surface area contributed by atoms with Crippen LogP contribution in [-0.2, 0) is 0 Å². The molecule has 1 heterocycles. The minimum absolute atomic E-state index is 0.0831. The zero-order valence-electron chi connectivity index (χ0n) is 12.9. The second-order valence-corrected chi connectivity index (χ2v) is 5.12. The molecule has 3 aromatic rings. The van der Waals surface area contributed by atoms with Crippen molar-refractivity contribution in [2.45, 2.75) is 6.92 Å². The molecule has 0 bridgehead atoms. The van der Waals surface area contributed by atoms with Crippen LogP contribution in [0.3, 0.4) is 0 Å². The highest BCUT2D eigenvalue weighted by Crippen LogP contribution is 2.23. The molecule has 0 aliphatic rings. The molecule has 6 nitrogen and oxygen atoms in total. The number of halogens is 2. The van der Waals surface area contributed by atoms with Gasteiger partial charge in [0.15, 0.2) is 5.78 Å². The maximum absolute atomic E-state index is 13.7. The molecule has 0 atom stereocenters. The predicted molar refractivity (Wildman–Crippen MR) is 84.0 cm³/mol. The van der Waals surface area contributed by atoms with Crippen LogP contribution in [0.4, 0.5) is 14.8 Å². The number of nitrogens with one attached hydrogen (secondary N) is 1. The van der Waals surface area contributed by atoms with Crippen molar-refractivity contribution in [2.75, 3.05) is 5.32 Å². The normalized spacial score (nSPS) is 10.5. The molecule has 25 heavy (non-hydrogen) atoms. The van der Waals surface area contributed by atoms with Crippen LogP contribution in [0.15, 0.2) is 46.9 Å². The summed E-state index contributed by atoms with van der Waals surface area (Å²) in [6.07, 6.45) is 0. The Balaban J connectivity index is 1.76. The van der Waals surface area contributed by atoms with E-state index in [1.165, 1.54) is 31.2 Å². The number of nitrogens with zero attached hydrogens (tertiary/aromatic N) is 2. The Morgan fingerprint density at radius 3 is 2.32 bits per heavy atom. The molecule has 0 saturated carbocycles. The minimum atomic E-state index is -0.860. The van der Waals surface area contributed by atoms with Crippen LogP contribution >= 0.6 is 0 Å². The molecule has 126 valence electrons. The zero-order valence-corrected chi connectivity index (χ0v) is 12.9. The van der Waals surface area contributed by atoms with E-state index in [4.69, 9.17) is 4.42 Å². The van der Waals surface area contributed by atoms with Crippen molar-refractivity contribution in [2.24, 2.45) is 0 Å². The minimum Gasteiger partial charge on any atom is -0.403 e. The average Bonchev–Trinajstić information content (AvgIpc) is 3.03. The van der Waals surface area contributed by atoms with Gasteiger partial charge in [-0.2, -0.15) is 0 Å². The molecule has 2 aromatic carbocycles. The Labute approximate surface area is 140 Å². The Morgan fingerprint density at radius 2 is 1.68 bits per heavy atom. The van der Waals surface area contributed by atoms with Crippen LogP contribution in [0.25, 0.3) is 11.5 Å². The molecule has 0 saturated heterocycles. The third kappa shape index (κ3) is 3.57. The average molecular weight is 343 g/mol. The Hall–Kier alpha value is -3.42. The fourth-order valence-corrected chi connectivity index (χ4v) is 2.07. The lowest BCUT2D eigenvalue weighted by atomic mass is 10.1. The van der Waals surface area contributed by atoms with Crippen molar-refractivity contribution in [3.63, 3.8) is 0 Å². The molecule has 0 radical (unpaired) electrons. The summed E-state index contributed by atoms with van der Waals surface area (Å²) in [6.45, 7) is 1.42. The van der Waals surface area contributed by atoms with Gasteiger partial charge in [-0.15, -0.1) is 5.10 Å². The third-order valence-corrected chi connectivity index (χ3v) is 3.36. The number of benzene rings is 2. The highest BCUT2D eigenvalue weighted by Gasteiger charge is 2.16. The number of hydrogen-bond donors (Lipinski definition) is 1. The van der Waals surface area contributed by atoms with E-state index in [1.54, 1.807) is 0 Å². The monoisotopic (exact) mass is 343 g/mol. The van der Waals surface area contributed by atoms with Crippen molar-refractivity contribution in [3.05, 3.63) is 65.2 Å². The second-order valence-electron chi connectivity index (χ2n) is 5.12. The predicted octanol–water partition coefficient (Wildman–Crippen LogP) is 3.47. The van der Waals surface area contributed by atoms with Crippen molar-refractivity contribution in [3.8, 4) is 11.5 Å². The Morgan fingerprint density at radius 1 is 1.00 bits per heavy atom. The maximum Gasteiger partial charge on any atom is 0.322 e. The molecule has 3 rings (SSSR count). The van der Waals surface area contributed by atoms with Gasteiger partial charge in [-0.05, 0) is 31.2 Å². The quantitative estimate of drug-likeness (QED) is 0.733. The van der Waals surface area contributed by atoms with E-state index in [9.17, 15) is 18.4 Å². The first-order valence-electron chi connectivity index (χ1n) is 7.15. The summed E-state index contributed by atoms with van der Waals surface area (Å²) in [6, 6.07) is 8.65.